The van der Waals surface area contributed by atoms with Gasteiger partial charge in [0.25, 0.3) is 5.91 Å². The Hall–Kier alpha value is -2.21. The van der Waals surface area contributed by atoms with Gasteiger partial charge in [0, 0.05) is 31.0 Å². The Bertz CT molecular complexity index is 639. The summed E-state index contributed by atoms with van der Waals surface area (Å²) < 4.78 is 0. The number of rotatable bonds is 5. The van der Waals surface area contributed by atoms with Crippen LogP contribution in [0.15, 0.2) is 30.6 Å². The Morgan fingerprint density at radius 3 is 3.04 bits per heavy atom. The molecule has 1 aliphatic rings. The molecule has 0 radical (unpaired) electrons. The largest absolute Gasteiger partial charge is 0.351 e. The molecular weight excluding hydrogens is 290 g/mol. The van der Waals surface area contributed by atoms with Gasteiger partial charge in [-0.3, -0.25) is 14.9 Å². The van der Waals surface area contributed by atoms with Crippen molar-refractivity contribution in [2.45, 2.75) is 19.3 Å². The lowest BCUT2D eigenvalue weighted by Gasteiger charge is -2.29. The summed E-state index contributed by atoms with van der Waals surface area (Å²) in [4.78, 5) is 18.5. The predicted molar refractivity (Wildman–Crippen MR) is 89.0 cm³/mol. The van der Waals surface area contributed by atoms with E-state index in [0.29, 0.717) is 18.2 Å². The van der Waals surface area contributed by atoms with Crippen LogP contribution >= 0.6 is 0 Å². The van der Waals surface area contributed by atoms with Gasteiger partial charge in [-0.05, 0) is 57.0 Å². The molecule has 3 rings (SSSR count). The van der Waals surface area contributed by atoms with E-state index in [1.807, 2.05) is 12.1 Å². The summed E-state index contributed by atoms with van der Waals surface area (Å²) in [5.41, 5.74) is 2.20. The zero-order valence-corrected chi connectivity index (χ0v) is 13.5. The highest BCUT2D eigenvalue weighted by Gasteiger charge is 2.17. The molecule has 6 heteroatoms. The van der Waals surface area contributed by atoms with E-state index >= 15 is 0 Å². The number of piperidine rings is 1. The highest BCUT2D eigenvalue weighted by atomic mass is 16.1. The molecule has 6 nitrogen and oxygen atoms in total. The monoisotopic (exact) mass is 313 g/mol. The fourth-order valence-electron chi connectivity index (χ4n) is 3.10. The third-order valence-electron chi connectivity index (χ3n) is 4.36. The third-order valence-corrected chi connectivity index (χ3v) is 4.36. The highest BCUT2D eigenvalue weighted by molar-refractivity contribution is 5.93. The van der Waals surface area contributed by atoms with Crippen LogP contribution in [0.25, 0.3) is 11.3 Å². The van der Waals surface area contributed by atoms with E-state index in [0.717, 1.165) is 24.2 Å². The van der Waals surface area contributed by atoms with Crippen LogP contribution in [0, 0.1) is 5.92 Å². The van der Waals surface area contributed by atoms with Crippen LogP contribution in [-0.4, -0.2) is 52.7 Å². The molecule has 1 saturated heterocycles. The van der Waals surface area contributed by atoms with Gasteiger partial charge >= 0.3 is 0 Å². The van der Waals surface area contributed by atoms with Crippen LogP contribution in [-0.2, 0) is 0 Å². The first kappa shape index (κ1) is 15.7. The van der Waals surface area contributed by atoms with Gasteiger partial charge in [-0.2, -0.15) is 5.10 Å². The molecule has 0 aliphatic carbocycles. The number of hydrogen-bond donors (Lipinski definition) is 2. The van der Waals surface area contributed by atoms with Gasteiger partial charge in [-0.15, -0.1) is 0 Å². The zero-order chi connectivity index (χ0) is 16.1. The van der Waals surface area contributed by atoms with Gasteiger partial charge in [-0.1, -0.05) is 0 Å². The van der Waals surface area contributed by atoms with Crippen LogP contribution < -0.4 is 5.32 Å². The molecule has 2 aromatic rings. The Morgan fingerprint density at radius 2 is 2.26 bits per heavy atom. The van der Waals surface area contributed by atoms with Gasteiger partial charge in [0.1, 0.15) is 5.69 Å². The molecule has 23 heavy (non-hydrogen) atoms. The van der Waals surface area contributed by atoms with E-state index in [-0.39, 0.29) is 5.91 Å². The van der Waals surface area contributed by atoms with Gasteiger partial charge in [-0.25, -0.2) is 0 Å². The average molecular weight is 313 g/mol. The lowest BCUT2D eigenvalue weighted by atomic mass is 9.95. The maximum atomic E-state index is 12.2. The molecule has 1 fully saturated rings. The second kappa shape index (κ2) is 7.37. The summed E-state index contributed by atoms with van der Waals surface area (Å²) in [7, 11) is 2.16. The molecule has 1 atom stereocenters. The third kappa shape index (κ3) is 4.16. The van der Waals surface area contributed by atoms with Gasteiger partial charge in [0.05, 0.1) is 5.69 Å². The fourth-order valence-corrected chi connectivity index (χ4v) is 3.10. The fraction of sp³-hybridized carbons (Fsp3) is 0.471. The minimum absolute atomic E-state index is 0.0954. The number of amides is 1. The smallest absolute Gasteiger partial charge is 0.269 e. The number of aromatic amines is 1. The first-order valence-electron chi connectivity index (χ1n) is 8.15. The van der Waals surface area contributed by atoms with Crippen molar-refractivity contribution in [1.29, 1.82) is 0 Å². The van der Waals surface area contributed by atoms with E-state index in [1.165, 1.54) is 19.4 Å². The number of hydrogen-bond acceptors (Lipinski definition) is 4. The summed E-state index contributed by atoms with van der Waals surface area (Å²) in [6.45, 7) is 3.03. The quantitative estimate of drug-likeness (QED) is 0.884. The molecule has 122 valence electrons. The molecule has 0 aromatic carbocycles. The number of nitrogens with zero attached hydrogens (tertiary/aromatic N) is 3. The van der Waals surface area contributed by atoms with E-state index in [2.05, 4.69) is 32.4 Å². The van der Waals surface area contributed by atoms with Crippen LogP contribution in [0.1, 0.15) is 29.8 Å². The van der Waals surface area contributed by atoms with Gasteiger partial charge in [0.15, 0.2) is 0 Å². The minimum Gasteiger partial charge on any atom is -0.351 e. The summed E-state index contributed by atoms with van der Waals surface area (Å²) in [6.07, 6.45) is 6.97. The van der Waals surface area contributed by atoms with Crippen molar-refractivity contribution in [2.24, 2.45) is 5.92 Å². The minimum atomic E-state index is -0.0954. The zero-order valence-electron chi connectivity index (χ0n) is 13.5. The van der Waals surface area contributed by atoms with Crippen molar-refractivity contribution in [3.63, 3.8) is 0 Å². The number of likely N-dealkylation sites (tertiary alicyclic amines) is 1. The topological polar surface area (TPSA) is 73.9 Å². The van der Waals surface area contributed by atoms with E-state index < -0.39 is 0 Å². The molecule has 0 saturated carbocycles. The van der Waals surface area contributed by atoms with Crippen LogP contribution in [0.2, 0.25) is 0 Å². The first-order chi connectivity index (χ1) is 11.2. The van der Waals surface area contributed by atoms with E-state index in [4.69, 9.17) is 0 Å². The molecule has 0 bridgehead atoms. The van der Waals surface area contributed by atoms with Crippen LogP contribution in [0.5, 0.6) is 0 Å². The molecule has 0 spiro atoms. The molecular formula is C17H23N5O. The normalized spacial score (nSPS) is 18.7. The number of H-pyrrole nitrogens is 1. The van der Waals surface area contributed by atoms with Crippen molar-refractivity contribution in [1.82, 2.24) is 25.4 Å². The highest BCUT2D eigenvalue weighted by Crippen LogP contribution is 2.18. The first-order valence-corrected chi connectivity index (χ1v) is 8.15. The Kier molecular flexibility index (Phi) is 5.02. The molecule has 2 N–H and O–H groups in total. The molecule has 1 unspecified atom stereocenters. The number of aromatic nitrogens is 3. The molecule has 1 amide bonds. The standard InChI is InChI=1S/C17H23N5O/c1-22-10-2-3-13(12-22)4-9-19-17(23)16-11-15(20-21-16)14-5-7-18-8-6-14/h5-8,11,13H,2-4,9-10,12H2,1H3,(H,19,23)(H,20,21). The van der Waals surface area contributed by atoms with E-state index in [1.54, 1.807) is 18.5 Å². The van der Waals surface area contributed by atoms with Gasteiger partial charge in [0.2, 0.25) is 0 Å². The maximum absolute atomic E-state index is 12.2. The van der Waals surface area contributed by atoms with Crippen LogP contribution in [0.4, 0.5) is 0 Å². The SMILES string of the molecule is CN1CCCC(CCNC(=O)c2cc(-c3ccncc3)n[nH]2)C1. The van der Waals surface area contributed by atoms with Crippen molar-refractivity contribution in [3.05, 3.63) is 36.3 Å². The molecule has 3 heterocycles. The lowest BCUT2D eigenvalue weighted by molar-refractivity contribution is 0.0943. The lowest BCUT2D eigenvalue weighted by Crippen LogP contribution is -2.34. The number of pyridine rings is 1. The summed E-state index contributed by atoms with van der Waals surface area (Å²) in [5, 5.41) is 9.99. The van der Waals surface area contributed by atoms with Crippen molar-refractivity contribution in [3.8, 4) is 11.3 Å². The number of nitrogens with one attached hydrogen (secondary N) is 2. The second-order valence-electron chi connectivity index (χ2n) is 6.22. The second-order valence-corrected chi connectivity index (χ2v) is 6.22. The Balaban J connectivity index is 1.50. The maximum Gasteiger partial charge on any atom is 0.269 e. The van der Waals surface area contributed by atoms with Crippen molar-refractivity contribution >= 4 is 5.91 Å². The Labute approximate surface area is 136 Å². The van der Waals surface area contributed by atoms with Crippen molar-refractivity contribution < 1.29 is 4.79 Å². The van der Waals surface area contributed by atoms with Crippen molar-refractivity contribution in [2.75, 3.05) is 26.7 Å². The summed E-state index contributed by atoms with van der Waals surface area (Å²) in [5.74, 6) is 0.588. The van der Waals surface area contributed by atoms with E-state index in [9.17, 15) is 4.79 Å². The molecule has 2 aromatic heterocycles. The number of carbonyl (C=O) groups is 1. The summed E-state index contributed by atoms with van der Waals surface area (Å²) >= 11 is 0. The Morgan fingerprint density at radius 1 is 1.43 bits per heavy atom. The molecule has 1 aliphatic heterocycles. The predicted octanol–water partition coefficient (Wildman–Crippen LogP) is 1.93. The summed E-state index contributed by atoms with van der Waals surface area (Å²) in [6, 6.07) is 5.52. The van der Waals surface area contributed by atoms with Gasteiger partial charge < -0.3 is 10.2 Å². The van der Waals surface area contributed by atoms with Crippen LogP contribution in [0.3, 0.4) is 0 Å². The average Bonchev–Trinajstić information content (AvgIpc) is 3.06. The number of carbonyl (C=O) groups excluding carboxylic acids is 1.